The van der Waals surface area contributed by atoms with Crippen LogP contribution >= 0.6 is 0 Å². The van der Waals surface area contributed by atoms with Gasteiger partial charge in [0.1, 0.15) is 0 Å². The summed E-state index contributed by atoms with van der Waals surface area (Å²) in [5, 5.41) is 0. The normalized spacial score (nSPS) is 13.4. The third-order valence-corrected chi connectivity index (χ3v) is 8.94. The number of rotatable bonds is 8. The first-order chi connectivity index (χ1) is 13.8. The fourth-order valence-corrected chi connectivity index (χ4v) is 6.85. The molecule has 0 aliphatic carbocycles. The molecule has 0 spiro atoms. The number of carbonyl (C=O) groups is 2. The molecule has 4 nitrogen and oxygen atoms in total. The molecule has 0 N–H and O–H groups in total. The van der Waals surface area contributed by atoms with Crippen molar-refractivity contribution in [3.63, 3.8) is 0 Å². The van der Waals surface area contributed by atoms with Crippen LogP contribution < -0.4 is 0 Å². The summed E-state index contributed by atoms with van der Waals surface area (Å²) in [5.74, 6) is -1.45. The summed E-state index contributed by atoms with van der Waals surface area (Å²) in [7, 11) is 0. The van der Waals surface area contributed by atoms with Crippen molar-refractivity contribution in [2.75, 3.05) is 0 Å². The van der Waals surface area contributed by atoms with Crippen molar-refractivity contribution >= 4 is 11.8 Å². The molecule has 2 unspecified atom stereocenters. The fourth-order valence-electron chi connectivity index (χ4n) is 3.10. The van der Waals surface area contributed by atoms with Gasteiger partial charge >= 0.3 is 177 Å². The monoisotopic (exact) mass is 438 g/mol. The van der Waals surface area contributed by atoms with Gasteiger partial charge in [-0.1, -0.05) is 0 Å². The van der Waals surface area contributed by atoms with Gasteiger partial charge in [-0.2, -0.15) is 0 Å². The summed E-state index contributed by atoms with van der Waals surface area (Å²) < 4.78 is 33.6. The van der Waals surface area contributed by atoms with E-state index in [1.807, 2.05) is 0 Å². The Bertz CT molecular complexity index is 751. The molecule has 0 radical (unpaired) electrons. The van der Waals surface area contributed by atoms with Crippen LogP contribution in [0.15, 0.2) is 60.7 Å². The molecule has 0 aliphatic heterocycles. The van der Waals surface area contributed by atoms with E-state index < -0.39 is 42.1 Å². The van der Waals surface area contributed by atoms with Crippen molar-refractivity contribution in [2.45, 2.75) is 52.6 Å². The molecular formula is C22H28F2N2O2Ti. The van der Waals surface area contributed by atoms with Gasteiger partial charge in [0.15, 0.2) is 0 Å². The molecule has 0 aromatic heterocycles. The van der Waals surface area contributed by atoms with Crippen molar-refractivity contribution in [3.8, 4) is 0 Å². The number of halogens is 2. The standard InChI is InChI=1S/2C11H15NO.2FH.Ti/c2*1-3-9(2)12-11(13)10-7-5-4-6-8-10;;;/h2*4-9H,3H2,1-2H3,(H,12,13);2*1H;/q;;;;+4/p-4. The second-order valence-corrected chi connectivity index (χ2v) is 10.2. The molecule has 2 aromatic carbocycles. The van der Waals surface area contributed by atoms with E-state index in [0.717, 1.165) is 6.76 Å². The van der Waals surface area contributed by atoms with Crippen LogP contribution in [0.5, 0.6) is 0 Å². The summed E-state index contributed by atoms with van der Waals surface area (Å²) >= 11 is -6.30. The van der Waals surface area contributed by atoms with Crippen LogP contribution in [-0.4, -0.2) is 30.7 Å². The summed E-state index contributed by atoms with van der Waals surface area (Å²) in [5.41, 5.74) is 0.406. The molecule has 2 rings (SSSR count). The van der Waals surface area contributed by atoms with E-state index >= 15 is 6.18 Å². The summed E-state index contributed by atoms with van der Waals surface area (Å²) in [4.78, 5) is 26.2. The molecule has 2 amide bonds. The summed E-state index contributed by atoms with van der Waals surface area (Å²) in [6, 6.07) is 14.8. The Morgan fingerprint density at radius 2 is 1.07 bits per heavy atom. The predicted octanol–water partition coefficient (Wildman–Crippen LogP) is 5.62. The van der Waals surface area contributed by atoms with Gasteiger partial charge in [0, 0.05) is 0 Å². The average molecular weight is 438 g/mol. The van der Waals surface area contributed by atoms with Crippen LogP contribution in [0, 0.1) is 0 Å². The van der Waals surface area contributed by atoms with E-state index in [1.165, 1.54) is 24.3 Å². The predicted molar refractivity (Wildman–Crippen MR) is 107 cm³/mol. The van der Waals surface area contributed by atoms with E-state index in [4.69, 9.17) is 0 Å². The zero-order valence-corrected chi connectivity index (χ0v) is 18.9. The Hall–Kier alpha value is -2.05. The number of hydrogen-bond acceptors (Lipinski definition) is 2. The van der Waals surface area contributed by atoms with Crippen molar-refractivity contribution in [2.24, 2.45) is 0 Å². The molecular weight excluding hydrogens is 410 g/mol. The maximum absolute atomic E-state index is 16.1. The van der Waals surface area contributed by atoms with Crippen LogP contribution in [0.4, 0.5) is 6.18 Å². The molecule has 0 bridgehead atoms. The van der Waals surface area contributed by atoms with Crippen LogP contribution in [0.1, 0.15) is 61.3 Å². The first-order valence-corrected chi connectivity index (χ1v) is 12.5. The van der Waals surface area contributed by atoms with Crippen LogP contribution in [0.3, 0.4) is 0 Å². The Balaban J connectivity index is 2.55. The third kappa shape index (κ3) is 5.12. The van der Waals surface area contributed by atoms with Crippen molar-refractivity contribution in [1.82, 2.24) is 6.76 Å². The van der Waals surface area contributed by atoms with E-state index in [9.17, 15) is 9.59 Å². The van der Waals surface area contributed by atoms with E-state index in [1.54, 1.807) is 64.1 Å². The molecule has 2 atom stereocenters. The minimum atomic E-state index is -6.30. The average Bonchev–Trinajstić information content (AvgIpc) is 2.74. The summed E-state index contributed by atoms with van der Waals surface area (Å²) in [6.07, 6.45) is 0.737. The van der Waals surface area contributed by atoms with Gasteiger partial charge < -0.3 is 0 Å². The zero-order chi connectivity index (χ0) is 21.6. The Morgan fingerprint density at radius 1 is 0.759 bits per heavy atom. The van der Waals surface area contributed by atoms with Gasteiger partial charge in [0.25, 0.3) is 0 Å². The van der Waals surface area contributed by atoms with Crippen LogP contribution in [-0.2, 0) is 18.2 Å². The topological polar surface area (TPSA) is 40.6 Å². The minimum absolute atomic E-state index is 0.203. The maximum atomic E-state index is 16.1. The number of hydrogen-bond donors (Lipinski definition) is 0. The number of amides is 2. The van der Waals surface area contributed by atoms with Gasteiger partial charge in [-0.15, -0.1) is 0 Å². The number of carbonyl (C=O) groups excluding carboxylic acids is 2. The van der Waals surface area contributed by atoms with Gasteiger partial charge in [0.2, 0.25) is 0 Å². The molecule has 0 heterocycles. The van der Waals surface area contributed by atoms with Crippen LogP contribution in [0.2, 0.25) is 0 Å². The Kier molecular flexibility index (Phi) is 8.11. The molecule has 0 aliphatic rings. The molecule has 0 saturated heterocycles. The Labute approximate surface area is 176 Å². The van der Waals surface area contributed by atoms with E-state index in [0.29, 0.717) is 12.8 Å². The van der Waals surface area contributed by atoms with Gasteiger partial charge in [-0.05, 0) is 0 Å². The van der Waals surface area contributed by atoms with Crippen molar-refractivity contribution in [1.29, 1.82) is 0 Å². The van der Waals surface area contributed by atoms with Gasteiger partial charge in [0.05, 0.1) is 0 Å². The second kappa shape index (κ2) is 10.1. The van der Waals surface area contributed by atoms with E-state index in [2.05, 4.69) is 0 Å². The molecule has 0 saturated carbocycles. The van der Waals surface area contributed by atoms with E-state index in [-0.39, 0.29) is 11.1 Å². The Morgan fingerprint density at radius 3 is 1.34 bits per heavy atom. The van der Waals surface area contributed by atoms with Gasteiger partial charge in [-0.25, -0.2) is 0 Å². The second-order valence-electron chi connectivity index (χ2n) is 7.11. The SMILES string of the molecule is CCC(C)[N](C(=O)c1ccccc1)[Ti]([F])([F])[N](C(=O)c1ccccc1)C(C)CC. The molecule has 29 heavy (non-hydrogen) atoms. The first kappa shape index (κ1) is 23.2. The zero-order valence-electron chi connectivity index (χ0n) is 17.3. The van der Waals surface area contributed by atoms with Crippen LogP contribution in [0.25, 0.3) is 0 Å². The quantitative estimate of drug-likeness (QED) is 0.502. The number of benzene rings is 2. The van der Waals surface area contributed by atoms with Crippen molar-refractivity contribution in [3.05, 3.63) is 71.8 Å². The fraction of sp³-hybridized carbons (Fsp3) is 0.364. The molecule has 156 valence electrons. The molecule has 7 heteroatoms. The third-order valence-electron chi connectivity index (χ3n) is 5.12. The van der Waals surface area contributed by atoms with Gasteiger partial charge in [-0.3, -0.25) is 0 Å². The number of nitrogens with zero attached hydrogens (tertiary/aromatic N) is 2. The van der Waals surface area contributed by atoms with Crippen molar-refractivity contribution < 1.29 is 33.9 Å². The molecule has 2 aromatic rings. The summed E-state index contributed by atoms with van der Waals surface area (Å²) in [6.45, 7) is 6.76. The first-order valence-electron chi connectivity index (χ1n) is 9.90. The molecule has 0 fully saturated rings.